The van der Waals surface area contributed by atoms with Gasteiger partial charge in [-0.25, -0.2) is 4.98 Å². The highest BCUT2D eigenvalue weighted by Crippen LogP contribution is 2.23. The minimum atomic E-state index is -0.816. The summed E-state index contributed by atoms with van der Waals surface area (Å²) in [6, 6.07) is 0.400. The van der Waals surface area contributed by atoms with Crippen molar-refractivity contribution in [3.8, 4) is 0 Å². The van der Waals surface area contributed by atoms with E-state index in [1.807, 2.05) is 10.8 Å². The average molecular weight is 237 g/mol. The van der Waals surface area contributed by atoms with E-state index in [0.717, 1.165) is 32.4 Å². The monoisotopic (exact) mass is 237 g/mol. The number of hydrogen-bond acceptors (Lipinski definition) is 3. The second kappa shape index (κ2) is 5.31. The van der Waals surface area contributed by atoms with Crippen LogP contribution in [0.3, 0.4) is 0 Å². The van der Waals surface area contributed by atoms with E-state index in [9.17, 15) is 4.79 Å². The molecule has 0 bridgehead atoms. The van der Waals surface area contributed by atoms with Crippen LogP contribution in [0.5, 0.6) is 0 Å². The molecule has 1 saturated heterocycles. The van der Waals surface area contributed by atoms with Crippen LogP contribution in [0.4, 0.5) is 0 Å². The van der Waals surface area contributed by atoms with Crippen molar-refractivity contribution in [2.24, 2.45) is 0 Å². The lowest BCUT2D eigenvalue weighted by Gasteiger charge is -2.18. The SMILES string of the molecule is CN1CCCC(n2ccnc2CC(=O)O)CC1. The van der Waals surface area contributed by atoms with Gasteiger partial charge in [0.2, 0.25) is 0 Å². The number of nitrogens with zero attached hydrogens (tertiary/aromatic N) is 3. The van der Waals surface area contributed by atoms with Crippen molar-refractivity contribution in [2.75, 3.05) is 20.1 Å². The molecule has 0 aromatic carbocycles. The topological polar surface area (TPSA) is 58.4 Å². The van der Waals surface area contributed by atoms with Crippen molar-refractivity contribution in [3.05, 3.63) is 18.2 Å². The fourth-order valence-corrected chi connectivity index (χ4v) is 2.45. The molecule has 17 heavy (non-hydrogen) atoms. The van der Waals surface area contributed by atoms with Gasteiger partial charge in [0.1, 0.15) is 12.2 Å². The van der Waals surface area contributed by atoms with Gasteiger partial charge < -0.3 is 14.6 Å². The molecule has 0 radical (unpaired) electrons. The van der Waals surface area contributed by atoms with Crippen molar-refractivity contribution >= 4 is 5.97 Å². The number of carboxylic acid groups (broad SMARTS) is 1. The van der Waals surface area contributed by atoms with E-state index in [2.05, 4.69) is 16.9 Å². The lowest BCUT2D eigenvalue weighted by atomic mass is 10.1. The third-order valence-corrected chi connectivity index (χ3v) is 3.37. The number of aromatic nitrogens is 2. The molecule has 1 fully saturated rings. The summed E-state index contributed by atoms with van der Waals surface area (Å²) in [4.78, 5) is 17.2. The molecular weight excluding hydrogens is 218 g/mol. The molecule has 0 spiro atoms. The summed E-state index contributed by atoms with van der Waals surface area (Å²) in [6.07, 6.45) is 6.96. The summed E-state index contributed by atoms with van der Waals surface area (Å²) in [5.74, 6) is -0.143. The van der Waals surface area contributed by atoms with Gasteiger partial charge in [-0.3, -0.25) is 4.79 Å². The Morgan fingerprint density at radius 1 is 1.53 bits per heavy atom. The molecule has 1 atom stereocenters. The van der Waals surface area contributed by atoms with Crippen molar-refractivity contribution in [1.82, 2.24) is 14.5 Å². The van der Waals surface area contributed by atoms with Gasteiger partial charge >= 0.3 is 5.97 Å². The number of aliphatic carboxylic acids is 1. The van der Waals surface area contributed by atoms with E-state index < -0.39 is 5.97 Å². The van der Waals surface area contributed by atoms with Gasteiger partial charge in [0.05, 0.1) is 0 Å². The maximum absolute atomic E-state index is 10.8. The molecule has 1 aliphatic rings. The summed E-state index contributed by atoms with van der Waals surface area (Å²) in [7, 11) is 2.13. The number of imidazole rings is 1. The van der Waals surface area contributed by atoms with Crippen molar-refractivity contribution in [2.45, 2.75) is 31.7 Å². The largest absolute Gasteiger partial charge is 0.481 e. The van der Waals surface area contributed by atoms with Crippen LogP contribution in [0.25, 0.3) is 0 Å². The minimum absolute atomic E-state index is 0.0132. The van der Waals surface area contributed by atoms with Crippen LogP contribution in [0.15, 0.2) is 12.4 Å². The molecule has 5 nitrogen and oxygen atoms in total. The number of likely N-dealkylation sites (tertiary alicyclic amines) is 1. The van der Waals surface area contributed by atoms with Crippen molar-refractivity contribution in [3.63, 3.8) is 0 Å². The Morgan fingerprint density at radius 2 is 2.35 bits per heavy atom. The predicted octanol–water partition coefficient (Wildman–Crippen LogP) is 1.17. The molecule has 0 aliphatic carbocycles. The number of carboxylic acids is 1. The summed E-state index contributed by atoms with van der Waals surface area (Å²) in [6.45, 7) is 2.19. The smallest absolute Gasteiger partial charge is 0.311 e. The van der Waals surface area contributed by atoms with Gasteiger partial charge in [-0.15, -0.1) is 0 Å². The van der Waals surface area contributed by atoms with Crippen molar-refractivity contribution < 1.29 is 9.90 Å². The standard InChI is InChI=1S/C12H19N3O2/c1-14-6-2-3-10(4-7-14)15-8-5-13-11(15)9-12(16)17/h5,8,10H,2-4,6-7,9H2,1H3,(H,16,17). The predicted molar refractivity (Wildman–Crippen MR) is 64.0 cm³/mol. The first-order valence-corrected chi connectivity index (χ1v) is 6.09. The zero-order chi connectivity index (χ0) is 12.3. The number of carbonyl (C=O) groups is 1. The van der Waals surface area contributed by atoms with E-state index in [4.69, 9.17) is 5.11 Å². The van der Waals surface area contributed by atoms with Gasteiger partial charge in [-0.1, -0.05) is 0 Å². The van der Waals surface area contributed by atoms with Gasteiger partial charge in [-0.2, -0.15) is 0 Å². The Morgan fingerprint density at radius 3 is 3.12 bits per heavy atom. The highest BCUT2D eigenvalue weighted by Gasteiger charge is 2.19. The van der Waals surface area contributed by atoms with Crippen LogP contribution < -0.4 is 0 Å². The lowest BCUT2D eigenvalue weighted by Crippen LogP contribution is -2.20. The normalized spacial score (nSPS) is 22.3. The van der Waals surface area contributed by atoms with Crippen LogP contribution in [0, 0.1) is 0 Å². The molecule has 1 aliphatic heterocycles. The highest BCUT2D eigenvalue weighted by atomic mass is 16.4. The van der Waals surface area contributed by atoms with E-state index in [1.165, 1.54) is 0 Å². The van der Waals surface area contributed by atoms with Gasteiger partial charge in [0.15, 0.2) is 0 Å². The van der Waals surface area contributed by atoms with Crippen LogP contribution in [-0.2, 0) is 11.2 Å². The summed E-state index contributed by atoms with van der Waals surface area (Å²) >= 11 is 0. The zero-order valence-electron chi connectivity index (χ0n) is 10.2. The Kier molecular flexibility index (Phi) is 3.78. The first kappa shape index (κ1) is 12.1. The molecular formula is C12H19N3O2. The Labute approximate surface area is 101 Å². The molecule has 1 aromatic heterocycles. The molecule has 0 amide bonds. The first-order valence-electron chi connectivity index (χ1n) is 6.09. The second-order valence-electron chi connectivity index (χ2n) is 4.71. The van der Waals surface area contributed by atoms with Crippen LogP contribution in [0.2, 0.25) is 0 Å². The molecule has 94 valence electrons. The van der Waals surface area contributed by atoms with Gasteiger partial charge in [0, 0.05) is 18.4 Å². The Hall–Kier alpha value is -1.36. The molecule has 1 aromatic rings. The van der Waals surface area contributed by atoms with E-state index in [0.29, 0.717) is 11.9 Å². The fourth-order valence-electron chi connectivity index (χ4n) is 2.45. The molecule has 2 heterocycles. The van der Waals surface area contributed by atoms with Crippen LogP contribution in [0.1, 0.15) is 31.1 Å². The maximum atomic E-state index is 10.8. The lowest BCUT2D eigenvalue weighted by molar-refractivity contribution is -0.136. The maximum Gasteiger partial charge on any atom is 0.311 e. The molecule has 1 N–H and O–H groups in total. The van der Waals surface area contributed by atoms with Gasteiger partial charge in [-0.05, 0) is 39.4 Å². The van der Waals surface area contributed by atoms with Crippen LogP contribution in [-0.4, -0.2) is 45.7 Å². The van der Waals surface area contributed by atoms with Gasteiger partial charge in [0.25, 0.3) is 0 Å². The highest BCUT2D eigenvalue weighted by molar-refractivity contribution is 5.69. The van der Waals surface area contributed by atoms with E-state index in [1.54, 1.807) is 6.20 Å². The number of rotatable bonds is 3. The fraction of sp³-hybridized carbons (Fsp3) is 0.667. The third kappa shape index (κ3) is 3.06. The summed E-state index contributed by atoms with van der Waals surface area (Å²) < 4.78 is 2.05. The first-order chi connectivity index (χ1) is 8.16. The molecule has 2 rings (SSSR count). The number of hydrogen-bond donors (Lipinski definition) is 1. The average Bonchev–Trinajstić information content (AvgIpc) is 2.59. The van der Waals surface area contributed by atoms with E-state index >= 15 is 0 Å². The zero-order valence-corrected chi connectivity index (χ0v) is 10.2. The molecule has 5 heteroatoms. The molecule has 0 saturated carbocycles. The van der Waals surface area contributed by atoms with Crippen LogP contribution >= 0.6 is 0 Å². The second-order valence-corrected chi connectivity index (χ2v) is 4.71. The summed E-state index contributed by atoms with van der Waals surface area (Å²) in [5, 5.41) is 8.84. The third-order valence-electron chi connectivity index (χ3n) is 3.37. The molecule has 1 unspecified atom stereocenters. The quantitative estimate of drug-likeness (QED) is 0.857. The Bertz CT molecular complexity index is 389. The summed E-state index contributed by atoms with van der Waals surface area (Å²) in [5.41, 5.74) is 0. The van der Waals surface area contributed by atoms with E-state index in [-0.39, 0.29) is 6.42 Å². The minimum Gasteiger partial charge on any atom is -0.481 e. The Balaban J connectivity index is 2.10. The van der Waals surface area contributed by atoms with Crippen molar-refractivity contribution in [1.29, 1.82) is 0 Å².